The van der Waals surface area contributed by atoms with Gasteiger partial charge in [0.25, 0.3) is 5.91 Å². The molecule has 0 saturated heterocycles. The third-order valence-electron chi connectivity index (χ3n) is 3.82. The first kappa shape index (κ1) is 21.0. The topological polar surface area (TPSA) is 70.6 Å². The maximum absolute atomic E-state index is 12.5. The van der Waals surface area contributed by atoms with Crippen LogP contribution in [0.15, 0.2) is 95.6 Å². The van der Waals surface area contributed by atoms with Crippen LogP contribution >= 0.6 is 9.24 Å². The van der Waals surface area contributed by atoms with Crippen LogP contribution in [0.4, 0.5) is 0 Å². The van der Waals surface area contributed by atoms with E-state index < -0.39 is 5.91 Å². The molecule has 0 aliphatic rings. The minimum atomic E-state index is -0.408. The van der Waals surface area contributed by atoms with Crippen molar-refractivity contribution in [3.05, 3.63) is 102 Å². The molecule has 142 valence electrons. The minimum Gasteiger partial charge on any atom is -0.334 e. The van der Waals surface area contributed by atoms with E-state index in [1.807, 2.05) is 67.6 Å². The van der Waals surface area contributed by atoms with Crippen LogP contribution in [-0.4, -0.2) is 18.0 Å². The quantitative estimate of drug-likeness (QED) is 0.237. The van der Waals surface area contributed by atoms with Gasteiger partial charge in [0, 0.05) is 17.5 Å². The van der Waals surface area contributed by atoms with Gasteiger partial charge in [0.05, 0.1) is 5.31 Å². The van der Waals surface area contributed by atoms with Gasteiger partial charge in [-0.15, -0.1) is 0 Å². The Bertz CT molecular complexity index is 933. The second-order valence-corrected chi connectivity index (χ2v) is 6.36. The van der Waals surface area contributed by atoms with Gasteiger partial charge < -0.3 is 10.6 Å². The van der Waals surface area contributed by atoms with Gasteiger partial charge >= 0.3 is 0 Å². The summed E-state index contributed by atoms with van der Waals surface area (Å²) in [6.45, 7) is 5.76. The smallest absolute Gasteiger partial charge is 0.258 e. The van der Waals surface area contributed by atoms with Crippen LogP contribution in [0.3, 0.4) is 0 Å². The number of hydrogen-bond donors (Lipinski definition) is 2. The third-order valence-corrected chi connectivity index (χ3v) is 4.24. The van der Waals surface area contributed by atoms with Crippen LogP contribution in [0.5, 0.6) is 0 Å². The van der Waals surface area contributed by atoms with Gasteiger partial charge in [-0.1, -0.05) is 82.6 Å². The summed E-state index contributed by atoms with van der Waals surface area (Å²) in [4.78, 5) is 27.7. The minimum absolute atomic E-state index is 0.258. The number of nitrogens with zero attached hydrogens (tertiary/aromatic N) is 1. The molecule has 5 nitrogen and oxygen atoms in total. The molecular formula is C22H22N3O2P. The summed E-state index contributed by atoms with van der Waals surface area (Å²) >= 11 is 0. The van der Waals surface area contributed by atoms with Gasteiger partial charge in [0.1, 0.15) is 5.82 Å². The first-order chi connectivity index (χ1) is 13.6. The molecule has 1 atom stereocenters. The molecule has 0 fully saturated rings. The van der Waals surface area contributed by atoms with Crippen molar-refractivity contribution in [1.82, 2.24) is 10.6 Å². The van der Waals surface area contributed by atoms with Crippen LogP contribution in [0, 0.1) is 0 Å². The number of benzene rings is 2. The van der Waals surface area contributed by atoms with Crippen LogP contribution in [0.1, 0.15) is 18.1 Å². The molecule has 1 unspecified atom stereocenters. The summed E-state index contributed by atoms with van der Waals surface area (Å²) in [6, 6.07) is 19.2. The maximum atomic E-state index is 12.5. The van der Waals surface area contributed by atoms with E-state index in [1.165, 1.54) is 6.20 Å². The molecule has 0 aromatic heterocycles. The Kier molecular flexibility index (Phi) is 8.07. The average Bonchev–Trinajstić information content (AvgIpc) is 2.73. The van der Waals surface area contributed by atoms with Gasteiger partial charge in [-0.25, -0.2) is 4.99 Å². The standard InChI is InChI=1S/C22H22N3O2P/c1-3-19(18-12-8-5-9-13-18)21(25-22(27)20(28)14-23-15-26)24-16(2)17-10-6-4-7-11-17/h3-15H,1,28H2,2H3,(H,23,26)(H,25,27)/b20-14+,21-19-,24-16+. The van der Waals surface area contributed by atoms with E-state index in [9.17, 15) is 9.59 Å². The number of rotatable bonds is 8. The summed E-state index contributed by atoms with van der Waals surface area (Å²) in [5.41, 5.74) is 3.24. The lowest BCUT2D eigenvalue weighted by Crippen LogP contribution is -2.24. The average molecular weight is 391 g/mol. The fourth-order valence-electron chi connectivity index (χ4n) is 2.41. The Morgan fingerprint density at radius 2 is 1.61 bits per heavy atom. The number of allylic oxidation sites excluding steroid dienone is 2. The van der Waals surface area contributed by atoms with Crippen molar-refractivity contribution in [1.29, 1.82) is 0 Å². The lowest BCUT2D eigenvalue weighted by Gasteiger charge is -2.13. The first-order valence-corrected chi connectivity index (χ1v) is 9.14. The zero-order valence-corrected chi connectivity index (χ0v) is 16.7. The predicted octanol–water partition coefficient (Wildman–Crippen LogP) is 3.63. The summed E-state index contributed by atoms with van der Waals surface area (Å²) in [5, 5.41) is 5.42. The highest BCUT2D eigenvalue weighted by Crippen LogP contribution is 2.21. The number of carbonyl (C=O) groups excluding carboxylic acids is 2. The molecule has 28 heavy (non-hydrogen) atoms. The molecule has 6 heteroatoms. The Labute approximate surface area is 167 Å². The molecule has 0 aliphatic carbocycles. The molecule has 2 N–H and O–H groups in total. The zero-order chi connectivity index (χ0) is 20.4. The van der Waals surface area contributed by atoms with E-state index in [1.54, 1.807) is 6.08 Å². The number of nitrogens with one attached hydrogen (secondary N) is 2. The lowest BCUT2D eigenvalue weighted by molar-refractivity contribution is -0.116. The Hall–Kier alpha value is -3.30. The van der Waals surface area contributed by atoms with Crippen molar-refractivity contribution in [2.45, 2.75) is 6.92 Å². The highest BCUT2D eigenvalue weighted by atomic mass is 31.0. The number of aliphatic imine (C=N–C) groups is 1. The van der Waals surface area contributed by atoms with E-state index in [2.05, 4.69) is 31.4 Å². The fraction of sp³-hybridized carbons (Fsp3) is 0.0455. The normalized spacial score (nSPS) is 12.6. The van der Waals surface area contributed by atoms with Crippen molar-refractivity contribution >= 4 is 32.8 Å². The molecule has 0 bridgehead atoms. The Morgan fingerprint density at radius 3 is 2.14 bits per heavy atom. The molecule has 0 radical (unpaired) electrons. The second-order valence-electron chi connectivity index (χ2n) is 5.73. The SMILES string of the molecule is C=C/C(=C(\N=C(/C)c1ccccc1)NC(=O)/C(P)=C\NC=O)c1ccccc1. The summed E-state index contributed by atoms with van der Waals surface area (Å²) in [5.74, 6) is -0.0405. The van der Waals surface area contributed by atoms with E-state index >= 15 is 0 Å². The molecule has 0 aliphatic heterocycles. The highest BCUT2D eigenvalue weighted by molar-refractivity contribution is 7.25. The summed E-state index contributed by atoms with van der Waals surface area (Å²) < 4.78 is 0. The predicted molar refractivity (Wildman–Crippen MR) is 117 cm³/mol. The largest absolute Gasteiger partial charge is 0.334 e. The van der Waals surface area contributed by atoms with Crippen molar-refractivity contribution in [3.8, 4) is 0 Å². The van der Waals surface area contributed by atoms with E-state index in [0.29, 0.717) is 17.8 Å². The van der Waals surface area contributed by atoms with E-state index in [4.69, 9.17) is 0 Å². The van der Waals surface area contributed by atoms with Gasteiger partial charge in [-0.05, 0) is 18.1 Å². The molecule has 0 heterocycles. The molecule has 2 aromatic rings. The van der Waals surface area contributed by atoms with Gasteiger partial charge in [-0.3, -0.25) is 9.59 Å². The highest BCUT2D eigenvalue weighted by Gasteiger charge is 2.12. The molecular weight excluding hydrogens is 369 g/mol. The monoisotopic (exact) mass is 391 g/mol. The van der Waals surface area contributed by atoms with Crippen molar-refractivity contribution in [3.63, 3.8) is 0 Å². The van der Waals surface area contributed by atoms with Gasteiger partial charge in [0.2, 0.25) is 6.41 Å². The van der Waals surface area contributed by atoms with E-state index in [0.717, 1.165) is 16.8 Å². The lowest BCUT2D eigenvalue weighted by atomic mass is 10.1. The summed E-state index contributed by atoms with van der Waals surface area (Å²) in [7, 11) is 2.29. The fourth-order valence-corrected chi connectivity index (χ4v) is 2.57. The molecule has 0 saturated carbocycles. The van der Waals surface area contributed by atoms with Crippen LogP contribution < -0.4 is 10.6 Å². The Morgan fingerprint density at radius 1 is 1.04 bits per heavy atom. The molecule has 2 aromatic carbocycles. The maximum Gasteiger partial charge on any atom is 0.258 e. The van der Waals surface area contributed by atoms with E-state index in [-0.39, 0.29) is 5.31 Å². The zero-order valence-electron chi connectivity index (χ0n) is 15.6. The molecule has 2 rings (SSSR count). The van der Waals surface area contributed by atoms with Crippen molar-refractivity contribution in [2.24, 2.45) is 4.99 Å². The van der Waals surface area contributed by atoms with Crippen LogP contribution in [0.25, 0.3) is 5.57 Å². The first-order valence-electron chi connectivity index (χ1n) is 8.56. The molecule has 0 spiro atoms. The molecule has 2 amide bonds. The van der Waals surface area contributed by atoms with Crippen LogP contribution in [0.2, 0.25) is 0 Å². The van der Waals surface area contributed by atoms with Gasteiger partial charge in [0.15, 0.2) is 0 Å². The second kappa shape index (κ2) is 10.8. The van der Waals surface area contributed by atoms with Gasteiger partial charge in [-0.2, -0.15) is 0 Å². The number of hydrogen-bond acceptors (Lipinski definition) is 3. The third kappa shape index (κ3) is 5.86. The van der Waals surface area contributed by atoms with Crippen LogP contribution in [-0.2, 0) is 9.59 Å². The number of amides is 2. The van der Waals surface area contributed by atoms with Crippen molar-refractivity contribution in [2.75, 3.05) is 0 Å². The Balaban J connectivity index is 2.52. The van der Waals surface area contributed by atoms with Crippen molar-refractivity contribution < 1.29 is 9.59 Å². The number of carbonyl (C=O) groups is 2. The summed E-state index contributed by atoms with van der Waals surface area (Å²) in [6.07, 6.45) is 3.45.